The number of benzene rings is 1. The molecule has 2 unspecified atom stereocenters. The minimum atomic E-state index is 0.566. The summed E-state index contributed by atoms with van der Waals surface area (Å²) in [5.41, 5.74) is 1.27. The summed E-state index contributed by atoms with van der Waals surface area (Å²) >= 11 is 0. The number of anilines is 1. The van der Waals surface area contributed by atoms with Gasteiger partial charge in [-0.15, -0.1) is 0 Å². The largest absolute Gasteiger partial charge is 0.383 e. The van der Waals surface area contributed by atoms with Crippen molar-refractivity contribution in [2.45, 2.75) is 181 Å². The molecule has 36 heavy (non-hydrogen) atoms. The predicted molar refractivity (Wildman–Crippen MR) is 165 cm³/mol. The summed E-state index contributed by atoms with van der Waals surface area (Å²) in [6.45, 7) is 6.99. The second kappa shape index (κ2) is 25.7. The van der Waals surface area contributed by atoms with E-state index in [1.54, 1.807) is 0 Å². The molecule has 0 bridgehead atoms. The number of rotatable bonds is 27. The predicted octanol–water partition coefficient (Wildman–Crippen LogP) is 12.5. The summed E-state index contributed by atoms with van der Waals surface area (Å²) in [5.74, 6) is 0.938. The first-order valence-electron chi connectivity index (χ1n) is 16.6. The Morgan fingerprint density at radius 1 is 0.472 bits per heavy atom. The van der Waals surface area contributed by atoms with Crippen molar-refractivity contribution >= 4 is 5.69 Å². The van der Waals surface area contributed by atoms with E-state index in [1.165, 1.54) is 160 Å². The smallest absolute Gasteiger partial charge is 0.0342 e. The molecule has 1 N–H and O–H groups in total. The Kier molecular flexibility index (Phi) is 23.6. The van der Waals surface area contributed by atoms with Gasteiger partial charge in [-0.3, -0.25) is 0 Å². The molecule has 0 aliphatic carbocycles. The van der Waals surface area contributed by atoms with Gasteiger partial charge in [0.15, 0.2) is 0 Å². The van der Waals surface area contributed by atoms with Gasteiger partial charge in [-0.05, 0) is 37.8 Å². The van der Waals surface area contributed by atoms with Gasteiger partial charge in [0.2, 0.25) is 0 Å². The highest BCUT2D eigenvalue weighted by atomic mass is 14.9. The zero-order valence-corrected chi connectivity index (χ0v) is 25.0. The number of hydrogen-bond acceptors (Lipinski definition) is 1. The maximum Gasteiger partial charge on any atom is 0.0342 e. The molecular weight excluding hydrogens is 434 g/mol. The van der Waals surface area contributed by atoms with E-state index in [9.17, 15) is 0 Å². The van der Waals surface area contributed by atoms with E-state index in [-0.39, 0.29) is 0 Å². The van der Waals surface area contributed by atoms with Gasteiger partial charge in [0, 0.05) is 11.7 Å². The van der Waals surface area contributed by atoms with Crippen LogP contribution in [0.2, 0.25) is 0 Å². The third-order valence-electron chi connectivity index (χ3n) is 8.13. The van der Waals surface area contributed by atoms with Crippen LogP contribution >= 0.6 is 0 Å². The van der Waals surface area contributed by atoms with Crippen molar-refractivity contribution in [3.8, 4) is 0 Å². The number of hydrogen-bond donors (Lipinski definition) is 1. The highest BCUT2D eigenvalue weighted by Crippen LogP contribution is 2.25. The second-order valence-electron chi connectivity index (χ2n) is 11.8. The SMILES string of the molecule is CCCCCCCCCCCCCCCCCCC(CCCCCC)CCC(C)Nc1ccccc1. The molecule has 0 saturated heterocycles. The summed E-state index contributed by atoms with van der Waals surface area (Å²) in [5, 5.41) is 3.70. The first-order chi connectivity index (χ1) is 17.8. The molecule has 0 radical (unpaired) electrons. The molecular formula is C35H65N. The molecule has 1 rings (SSSR count). The lowest BCUT2D eigenvalue weighted by atomic mass is 9.89. The van der Waals surface area contributed by atoms with E-state index in [0.29, 0.717) is 6.04 Å². The van der Waals surface area contributed by atoms with Crippen LogP contribution in [0.15, 0.2) is 30.3 Å². The normalized spacial score (nSPS) is 13.1. The van der Waals surface area contributed by atoms with Crippen molar-refractivity contribution in [3.63, 3.8) is 0 Å². The van der Waals surface area contributed by atoms with Gasteiger partial charge >= 0.3 is 0 Å². The highest BCUT2D eigenvalue weighted by molar-refractivity contribution is 5.43. The van der Waals surface area contributed by atoms with Gasteiger partial charge < -0.3 is 5.32 Å². The van der Waals surface area contributed by atoms with E-state index in [2.05, 4.69) is 56.4 Å². The maximum atomic E-state index is 3.70. The topological polar surface area (TPSA) is 12.0 Å². The fourth-order valence-electron chi connectivity index (χ4n) is 5.65. The molecule has 1 aromatic rings. The molecule has 1 heteroatoms. The Morgan fingerprint density at radius 2 is 0.861 bits per heavy atom. The van der Waals surface area contributed by atoms with E-state index in [0.717, 1.165) is 5.92 Å². The van der Waals surface area contributed by atoms with Crippen LogP contribution in [0.5, 0.6) is 0 Å². The molecule has 0 amide bonds. The fourth-order valence-corrected chi connectivity index (χ4v) is 5.65. The molecule has 0 saturated carbocycles. The first-order valence-corrected chi connectivity index (χ1v) is 16.6. The summed E-state index contributed by atoms with van der Waals surface area (Å²) < 4.78 is 0. The quantitative estimate of drug-likeness (QED) is 0.119. The fraction of sp³-hybridized carbons (Fsp3) is 0.829. The van der Waals surface area contributed by atoms with Crippen molar-refractivity contribution in [1.82, 2.24) is 0 Å². The highest BCUT2D eigenvalue weighted by Gasteiger charge is 2.11. The van der Waals surface area contributed by atoms with E-state index in [4.69, 9.17) is 0 Å². The monoisotopic (exact) mass is 500 g/mol. The van der Waals surface area contributed by atoms with Crippen LogP contribution in [0.3, 0.4) is 0 Å². The molecule has 0 heterocycles. The van der Waals surface area contributed by atoms with Crippen molar-refractivity contribution in [1.29, 1.82) is 0 Å². The van der Waals surface area contributed by atoms with Crippen molar-refractivity contribution in [3.05, 3.63) is 30.3 Å². The van der Waals surface area contributed by atoms with E-state index in [1.807, 2.05) is 0 Å². The number of unbranched alkanes of at least 4 members (excludes halogenated alkanes) is 18. The van der Waals surface area contributed by atoms with Gasteiger partial charge in [-0.1, -0.05) is 173 Å². The maximum absolute atomic E-state index is 3.70. The van der Waals surface area contributed by atoms with E-state index < -0.39 is 0 Å². The molecule has 1 aromatic carbocycles. The molecule has 0 aliphatic rings. The zero-order chi connectivity index (χ0) is 25.9. The average Bonchev–Trinajstić information content (AvgIpc) is 2.89. The van der Waals surface area contributed by atoms with Crippen LogP contribution in [-0.4, -0.2) is 6.04 Å². The Balaban J connectivity index is 2.03. The number of nitrogens with one attached hydrogen (secondary N) is 1. The summed E-state index contributed by atoms with van der Waals surface area (Å²) in [6.07, 6.45) is 34.6. The van der Waals surface area contributed by atoms with E-state index >= 15 is 0 Å². The molecule has 1 nitrogen and oxygen atoms in total. The van der Waals surface area contributed by atoms with Crippen molar-refractivity contribution in [2.24, 2.45) is 5.92 Å². The Labute approximate surface area is 228 Å². The van der Waals surface area contributed by atoms with Crippen LogP contribution < -0.4 is 5.32 Å². The summed E-state index contributed by atoms with van der Waals surface area (Å²) in [4.78, 5) is 0. The van der Waals surface area contributed by atoms with Gasteiger partial charge in [-0.25, -0.2) is 0 Å². The third-order valence-corrected chi connectivity index (χ3v) is 8.13. The second-order valence-corrected chi connectivity index (χ2v) is 11.8. The lowest BCUT2D eigenvalue weighted by molar-refractivity contribution is 0.366. The van der Waals surface area contributed by atoms with Gasteiger partial charge in [0.25, 0.3) is 0 Å². The average molecular weight is 500 g/mol. The van der Waals surface area contributed by atoms with Gasteiger partial charge in [-0.2, -0.15) is 0 Å². The lowest BCUT2D eigenvalue weighted by Crippen LogP contribution is -2.16. The molecule has 210 valence electrons. The standard InChI is InChI=1S/C35H65N/c1-4-6-8-10-11-12-13-14-15-16-17-18-19-20-21-24-28-34(27-23-9-7-5-2)32-31-33(3)36-35-29-25-22-26-30-35/h22,25-26,29-30,33-34,36H,4-21,23-24,27-28,31-32H2,1-3H3. The summed E-state index contributed by atoms with van der Waals surface area (Å²) in [7, 11) is 0. The minimum Gasteiger partial charge on any atom is -0.383 e. The van der Waals surface area contributed by atoms with Gasteiger partial charge in [0.05, 0.1) is 0 Å². The molecule has 2 atom stereocenters. The molecule has 0 aromatic heterocycles. The summed E-state index contributed by atoms with van der Waals surface area (Å²) in [6, 6.07) is 11.3. The van der Waals surface area contributed by atoms with Crippen molar-refractivity contribution < 1.29 is 0 Å². The van der Waals surface area contributed by atoms with Gasteiger partial charge in [0.1, 0.15) is 0 Å². The zero-order valence-electron chi connectivity index (χ0n) is 25.0. The van der Waals surface area contributed by atoms with Crippen molar-refractivity contribution in [2.75, 3.05) is 5.32 Å². The minimum absolute atomic E-state index is 0.566. The van der Waals surface area contributed by atoms with Crippen LogP contribution in [0, 0.1) is 5.92 Å². The number of para-hydroxylation sites is 1. The molecule has 0 aliphatic heterocycles. The lowest BCUT2D eigenvalue weighted by Gasteiger charge is -2.21. The Bertz CT molecular complexity index is 539. The Hall–Kier alpha value is -0.980. The molecule has 0 spiro atoms. The van der Waals surface area contributed by atoms with Crippen LogP contribution in [0.4, 0.5) is 5.69 Å². The molecule has 0 fully saturated rings. The van der Waals surface area contributed by atoms with Crippen LogP contribution in [0.1, 0.15) is 175 Å². The Morgan fingerprint density at radius 3 is 1.31 bits per heavy atom. The first kappa shape index (κ1) is 33.0. The van der Waals surface area contributed by atoms with Crippen LogP contribution in [0.25, 0.3) is 0 Å². The van der Waals surface area contributed by atoms with Crippen LogP contribution in [-0.2, 0) is 0 Å². The third kappa shape index (κ3) is 21.1.